The highest BCUT2D eigenvalue weighted by molar-refractivity contribution is 7.20. The van der Waals surface area contributed by atoms with Gasteiger partial charge >= 0.3 is 0 Å². The number of halogens is 20. The Morgan fingerprint density at radius 1 is 0.349 bits per heavy atom. The van der Waals surface area contributed by atoms with Crippen molar-refractivity contribution >= 4 is 38.8 Å². The van der Waals surface area contributed by atoms with Crippen LogP contribution in [0.5, 0.6) is 5.75 Å². The van der Waals surface area contributed by atoms with E-state index in [4.69, 9.17) is 0 Å². The van der Waals surface area contributed by atoms with Crippen LogP contribution in [0.15, 0.2) is 67.0 Å². The summed E-state index contributed by atoms with van der Waals surface area (Å²) in [6, 6.07) is 17.9. The zero-order valence-corrected chi connectivity index (χ0v) is 30.1. The standard InChI is InChI=1S/C24BF20.C16H13NO/c26-5-1(6(27)14(35)21(42)13(5)34)25(2-7(28)15(36)22(43)16(37)8(2)29,3-9(30)17(38)23(44)18(39)10(3)31)4-11(32)19(40)24(45)20(41)12(4)33;18-16-8-4-7-14-12-17(10-9-15(14)16)11-13-5-2-1-3-6-13/h;1-10,12H,11H2/q-1;/p+1. The first-order chi connectivity index (χ1) is 29.5. The van der Waals surface area contributed by atoms with Gasteiger partial charge in [-0.25, -0.2) is 92.4 Å². The van der Waals surface area contributed by atoms with Crippen molar-refractivity contribution in [1.82, 2.24) is 0 Å². The van der Waals surface area contributed by atoms with E-state index in [-0.39, 0.29) is 0 Å². The van der Waals surface area contributed by atoms with Crippen LogP contribution < -0.4 is 26.4 Å². The summed E-state index contributed by atoms with van der Waals surface area (Å²) in [6.07, 6.45) is -3.16. The highest BCUT2D eigenvalue weighted by Gasteiger charge is 2.52. The summed E-state index contributed by atoms with van der Waals surface area (Å²) in [7, 11) is 0. The van der Waals surface area contributed by atoms with Crippen LogP contribution >= 0.6 is 0 Å². The fraction of sp³-hybridized carbons (Fsp3) is 0.0250. The summed E-state index contributed by atoms with van der Waals surface area (Å²) >= 11 is 0. The maximum absolute atomic E-state index is 15.4. The van der Waals surface area contributed by atoms with Gasteiger partial charge in [-0.05, 0) is 12.1 Å². The van der Waals surface area contributed by atoms with Gasteiger partial charge in [0.25, 0.3) is 0 Å². The Bertz CT molecular complexity index is 2620. The number of benzene rings is 6. The molecule has 1 heterocycles. The van der Waals surface area contributed by atoms with Crippen LogP contribution in [0.2, 0.25) is 0 Å². The van der Waals surface area contributed by atoms with Gasteiger partial charge in [0, 0.05) is 22.4 Å². The monoisotopic (exact) mass is 915 g/mol. The Kier molecular flexibility index (Phi) is 12.2. The summed E-state index contributed by atoms with van der Waals surface area (Å²) in [5.74, 6) is -71.1. The molecular weight excluding hydrogens is 901 g/mol. The van der Waals surface area contributed by atoms with E-state index in [1.54, 1.807) is 6.07 Å². The van der Waals surface area contributed by atoms with Gasteiger partial charge in [0.05, 0.1) is 0 Å². The highest BCUT2D eigenvalue weighted by Crippen LogP contribution is 2.31. The molecule has 2 nitrogen and oxygen atoms in total. The van der Waals surface area contributed by atoms with Crippen molar-refractivity contribution in [2.45, 2.75) is 6.54 Å². The average Bonchev–Trinajstić information content (AvgIpc) is 3.27. The second kappa shape index (κ2) is 16.8. The Morgan fingerprint density at radius 3 is 0.968 bits per heavy atom. The first kappa shape index (κ1) is 45.7. The number of phenols is 1. The third-order valence-corrected chi connectivity index (χ3v) is 9.77. The van der Waals surface area contributed by atoms with E-state index in [1.807, 2.05) is 42.6 Å². The van der Waals surface area contributed by atoms with Crippen LogP contribution in [0.4, 0.5) is 87.8 Å². The van der Waals surface area contributed by atoms with E-state index < -0.39 is 144 Å². The van der Waals surface area contributed by atoms with E-state index in [2.05, 4.69) is 22.9 Å². The Labute approximate surface area is 337 Å². The molecule has 0 aliphatic rings. The fourth-order valence-electron chi connectivity index (χ4n) is 7.02. The van der Waals surface area contributed by atoms with Gasteiger partial charge in [-0.1, -0.05) is 36.4 Å². The van der Waals surface area contributed by atoms with Crippen LogP contribution in [-0.4, -0.2) is 11.3 Å². The number of fused-ring (bicyclic) bond motifs is 1. The van der Waals surface area contributed by atoms with E-state index in [1.165, 1.54) is 5.56 Å². The fourth-order valence-corrected chi connectivity index (χ4v) is 7.02. The molecule has 0 radical (unpaired) electrons. The van der Waals surface area contributed by atoms with E-state index in [0.717, 1.165) is 17.3 Å². The number of hydrogen-bond acceptors (Lipinski definition) is 1. The summed E-state index contributed by atoms with van der Waals surface area (Å²) in [4.78, 5) is 0. The lowest BCUT2D eigenvalue weighted by molar-refractivity contribution is -0.687. The molecule has 7 aromatic rings. The lowest BCUT2D eigenvalue weighted by atomic mass is 9.12. The first-order valence-corrected chi connectivity index (χ1v) is 16.9. The molecule has 1 N–H and O–H groups in total. The summed E-state index contributed by atoms with van der Waals surface area (Å²) in [6.45, 7) is 0.840. The number of pyridine rings is 1. The molecule has 328 valence electrons. The molecule has 0 bridgehead atoms. The summed E-state index contributed by atoms with van der Waals surface area (Å²) < 4.78 is 296. The second-order valence-corrected chi connectivity index (χ2v) is 13.2. The molecular formula is C40H14BF20NO. The van der Waals surface area contributed by atoms with Crippen LogP contribution in [0.3, 0.4) is 0 Å². The zero-order valence-electron chi connectivity index (χ0n) is 30.1. The molecule has 0 unspecified atom stereocenters. The van der Waals surface area contributed by atoms with Crippen LogP contribution in [-0.2, 0) is 6.54 Å². The number of aromatic nitrogens is 1. The summed E-state index contributed by atoms with van der Waals surface area (Å²) in [5.41, 5.74) is -13.1. The SMILES string of the molecule is Fc1c(F)c(F)c([B-](c2c(F)c(F)c(F)c(F)c2F)(c2c(F)c(F)c(F)c(F)c2F)c2c(F)c(F)c(F)c(F)c2F)c(F)c1F.Oc1cccc2c[n+](Cc3ccccc3)ccc12. The molecule has 0 amide bonds. The minimum atomic E-state index is -7.22. The minimum absolute atomic E-state index is 0.333. The zero-order chi connectivity index (χ0) is 46.7. The molecule has 7 rings (SSSR count). The van der Waals surface area contributed by atoms with Crippen molar-refractivity contribution in [2.24, 2.45) is 0 Å². The molecule has 0 aliphatic heterocycles. The van der Waals surface area contributed by atoms with E-state index in [0.29, 0.717) is 5.75 Å². The molecule has 0 saturated carbocycles. The van der Waals surface area contributed by atoms with Gasteiger partial charge in [0.15, 0.2) is 88.7 Å². The third-order valence-electron chi connectivity index (χ3n) is 9.77. The molecule has 0 aliphatic carbocycles. The third kappa shape index (κ3) is 7.11. The summed E-state index contributed by atoms with van der Waals surface area (Å²) in [5, 5.41) is 11.7. The minimum Gasteiger partial charge on any atom is -0.507 e. The smallest absolute Gasteiger partial charge is 0.200 e. The van der Waals surface area contributed by atoms with Crippen molar-refractivity contribution in [1.29, 1.82) is 0 Å². The molecule has 0 fully saturated rings. The van der Waals surface area contributed by atoms with Gasteiger partial charge in [0.1, 0.15) is 58.4 Å². The number of rotatable bonds is 6. The molecule has 1 aromatic heterocycles. The highest BCUT2D eigenvalue weighted by atomic mass is 19.2. The van der Waals surface area contributed by atoms with Gasteiger partial charge in [-0.3, -0.25) is 0 Å². The Balaban J connectivity index is 0.000000302. The van der Waals surface area contributed by atoms with Gasteiger partial charge in [-0.15, -0.1) is 21.9 Å². The average molecular weight is 915 g/mol. The predicted molar refractivity (Wildman–Crippen MR) is 181 cm³/mol. The Morgan fingerprint density at radius 2 is 0.651 bits per heavy atom. The van der Waals surface area contributed by atoms with Gasteiger partial charge < -0.3 is 5.11 Å². The molecule has 63 heavy (non-hydrogen) atoms. The van der Waals surface area contributed by atoms with Crippen molar-refractivity contribution in [3.63, 3.8) is 0 Å². The van der Waals surface area contributed by atoms with Crippen molar-refractivity contribution in [3.05, 3.63) is 189 Å². The van der Waals surface area contributed by atoms with Crippen molar-refractivity contribution in [3.8, 4) is 5.75 Å². The quantitative estimate of drug-likeness (QED) is 0.0584. The van der Waals surface area contributed by atoms with Crippen molar-refractivity contribution in [2.75, 3.05) is 0 Å². The van der Waals surface area contributed by atoms with Crippen LogP contribution in [0, 0.1) is 116 Å². The topological polar surface area (TPSA) is 24.1 Å². The van der Waals surface area contributed by atoms with Gasteiger partial charge in [0.2, 0.25) is 0 Å². The number of phenolic OH excluding ortho intramolecular Hbond substituents is 1. The lowest BCUT2D eigenvalue weighted by Gasteiger charge is -2.44. The lowest BCUT2D eigenvalue weighted by Crippen LogP contribution is -2.81. The normalized spacial score (nSPS) is 11.6. The van der Waals surface area contributed by atoms with E-state index >= 15 is 35.1 Å². The number of aromatic hydroxyl groups is 1. The molecule has 0 saturated heterocycles. The maximum Gasteiger partial charge on any atom is 0.200 e. The molecule has 6 aromatic carbocycles. The number of hydrogen-bond donors (Lipinski definition) is 1. The van der Waals surface area contributed by atoms with Crippen LogP contribution in [0.25, 0.3) is 10.8 Å². The van der Waals surface area contributed by atoms with Crippen LogP contribution in [0.1, 0.15) is 5.56 Å². The second-order valence-electron chi connectivity index (χ2n) is 13.2. The van der Waals surface area contributed by atoms with Crippen molar-refractivity contribution < 1.29 is 97.5 Å². The molecule has 23 heteroatoms. The predicted octanol–water partition coefficient (Wildman–Crippen LogP) is 8.73. The van der Waals surface area contributed by atoms with Gasteiger partial charge in [-0.2, -0.15) is 0 Å². The number of nitrogens with zero attached hydrogens (tertiary/aromatic N) is 1. The molecule has 0 atom stereocenters. The largest absolute Gasteiger partial charge is 0.507 e. The molecule has 0 spiro atoms. The first-order valence-electron chi connectivity index (χ1n) is 16.9. The Hall–Kier alpha value is -6.81. The van der Waals surface area contributed by atoms with E-state index in [9.17, 15) is 57.8 Å². The maximum atomic E-state index is 15.4.